The van der Waals surface area contributed by atoms with Crippen molar-refractivity contribution in [1.29, 1.82) is 0 Å². The van der Waals surface area contributed by atoms with Crippen LogP contribution in [0.25, 0.3) is 17.1 Å². The number of rotatable bonds is 5. The van der Waals surface area contributed by atoms with Gasteiger partial charge in [0.2, 0.25) is 0 Å². The zero-order valence-electron chi connectivity index (χ0n) is 14.3. The molecule has 0 aliphatic heterocycles. The second-order valence-corrected chi connectivity index (χ2v) is 5.35. The minimum atomic E-state index is 0.693. The minimum absolute atomic E-state index is 0.693. The van der Waals surface area contributed by atoms with E-state index in [9.17, 15) is 0 Å². The molecule has 0 saturated heterocycles. The second kappa shape index (κ2) is 6.70. The Morgan fingerprint density at radius 1 is 1.04 bits per heavy atom. The summed E-state index contributed by atoms with van der Waals surface area (Å²) in [6.07, 6.45) is 4.56. The third-order valence-corrected chi connectivity index (χ3v) is 3.91. The van der Waals surface area contributed by atoms with Crippen LogP contribution in [0.1, 0.15) is 18.3 Å². The second-order valence-electron chi connectivity index (χ2n) is 5.35. The topological polar surface area (TPSA) is 62.1 Å². The first kappa shape index (κ1) is 16.0. The fourth-order valence-electron chi connectivity index (χ4n) is 2.67. The molecule has 0 N–H and O–H groups in total. The summed E-state index contributed by atoms with van der Waals surface area (Å²) in [7, 11) is 3.27. The van der Waals surface area contributed by atoms with Crippen molar-refractivity contribution >= 4 is 0 Å². The molecule has 1 aromatic carbocycles. The molecule has 0 saturated carbocycles. The largest absolute Gasteiger partial charge is 0.494 e. The van der Waals surface area contributed by atoms with Crippen LogP contribution in [0.15, 0.2) is 36.7 Å². The van der Waals surface area contributed by atoms with Crippen LogP contribution in [0.5, 0.6) is 11.5 Å². The van der Waals surface area contributed by atoms with Gasteiger partial charge in [-0.1, -0.05) is 13.0 Å². The fourth-order valence-corrected chi connectivity index (χ4v) is 2.67. The molecule has 0 fully saturated rings. The molecule has 0 aliphatic carbocycles. The molecular formula is C18H20N4O2. The van der Waals surface area contributed by atoms with Gasteiger partial charge in [-0.2, -0.15) is 0 Å². The molecule has 0 aliphatic rings. The number of hydrogen-bond donors (Lipinski definition) is 0. The Labute approximate surface area is 141 Å². The highest BCUT2D eigenvalue weighted by atomic mass is 16.5. The highest BCUT2D eigenvalue weighted by molar-refractivity contribution is 5.65. The maximum atomic E-state index is 5.53. The van der Waals surface area contributed by atoms with Gasteiger partial charge < -0.3 is 9.47 Å². The van der Waals surface area contributed by atoms with Crippen molar-refractivity contribution in [3.63, 3.8) is 0 Å². The summed E-state index contributed by atoms with van der Waals surface area (Å²) >= 11 is 0. The highest BCUT2D eigenvalue weighted by Crippen LogP contribution is 2.35. The SMILES string of the molecule is CCc1cncc(-c2nnc(C)n2-c2c(OC)cccc2OC)c1. The van der Waals surface area contributed by atoms with Crippen molar-refractivity contribution in [3.8, 4) is 28.6 Å². The highest BCUT2D eigenvalue weighted by Gasteiger charge is 2.20. The average Bonchev–Trinajstić information content (AvgIpc) is 3.02. The lowest BCUT2D eigenvalue weighted by Gasteiger charge is -2.16. The Hall–Kier alpha value is -2.89. The molecule has 124 valence electrons. The van der Waals surface area contributed by atoms with Gasteiger partial charge in [0.1, 0.15) is 23.0 Å². The summed E-state index contributed by atoms with van der Waals surface area (Å²) < 4.78 is 13.0. The Bertz CT molecular complexity index is 836. The first-order valence-corrected chi connectivity index (χ1v) is 7.77. The normalized spacial score (nSPS) is 10.7. The lowest BCUT2D eigenvalue weighted by Crippen LogP contribution is -2.05. The van der Waals surface area contributed by atoms with Crippen molar-refractivity contribution in [2.45, 2.75) is 20.3 Å². The molecule has 3 rings (SSSR count). The van der Waals surface area contributed by atoms with Crippen molar-refractivity contribution in [2.24, 2.45) is 0 Å². The van der Waals surface area contributed by atoms with Crippen LogP contribution in [0.2, 0.25) is 0 Å². The lowest BCUT2D eigenvalue weighted by molar-refractivity contribution is 0.391. The number of para-hydroxylation sites is 1. The molecule has 6 heteroatoms. The van der Waals surface area contributed by atoms with Gasteiger partial charge in [-0.15, -0.1) is 10.2 Å². The van der Waals surface area contributed by atoms with Gasteiger partial charge >= 0.3 is 0 Å². The Balaban J connectivity index is 2.26. The third-order valence-electron chi connectivity index (χ3n) is 3.91. The van der Waals surface area contributed by atoms with Gasteiger partial charge in [0.15, 0.2) is 5.82 Å². The molecule has 0 amide bonds. The van der Waals surface area contributed by atoms with E-state index in [1.54, 1.807) is 20.4 Å². The molecule has 24 heavy (non-hydrogen) atoms. The first-order valence-electron chi connectivity index (χ1n) is 7.77. The summed E-state index contributed by atoms with van der Waals surface area (Å²) in [5.74, 6) is 2.84. The van der Waals surface area contributed by atoms with Crippen LogP contribution in [0.4, 0.5) is 0 Å². The number of ether oxygens (including phenoxy) is 2. The zero-order chi connectivity index (χ0) is 17.1. The van der Waals surface area contributed by atoms with E-state index in [-0.39, 0.29) is 0 Å². The van der Waals surface area contributed by atoms with E-state index in [4.69, 9.17) is 9.47 Å². The van der Waals surface area contributed by atoms with Crippen LogP contribution in [0, 0.1) is 6.92 Å². The molecule has 2 heterocycles. The molecular weight excluding hydrogens is 304 g/mol. The van der Waals surface area contributed by atoms with Crippen molar-refractivity contribution in [2.75, 3.05) is 14.2 Å². The quantitative estimate of drug-likeness (QED) is 0.721. The van der Waals surface area contributed by atoms with E-state index in [0.29, 0.717) is 17.3 Å². The monoisotopic (exact) mass is 324 g/mol. The van der Waals surface area contributed by atoms with Crippen LogP contribution in [-0.4, -0.2) is 34.0 Å². The van der Waals surface area contributed by atoms with Crippen molar-refractivity contribution in [1.82, 2.24) is 19.7 Å². The van der Waals surface area contributed by atoms with Gasteiger partial charge in [0.05, 0.1) is 14.2 Å². The van der Waals surface area contributed by atoms with Crippen LogP contribution < -0.4 is 9.47 Å². The van der Waals surface area contributed by atoms with Gasteiger partial charge in [0.25, 0.3) is 0 Å². The Kier molecular flexibility index (Phi) is 4.46. The molecule has 2 aromatic heterocycles. The number of benzene rings is 1. The van der Waals surface area contributed by atoms with E-state index in [0.717, 1.165) is 29.1 Å². The number of aryl methyl sites for hydroxylation is 2. The van der Waals surface area contributed by atoms with E-state index >= 15 is 0 Å². The molecule has 0 atom stereocenters. The standard InChI is InChI=1S/C18H20N4O2/c1-5-13-9-14(11-19-10-13)18-21-20-12(2)22(18)17-15(23-3)7-6-8-16(17)24-4/h6-11H,5H2,1-4H3. The maximum Gasteiger partial charge on any atom is 0.170 e. The number of pyridine rings is 1. The van der Waals surface area contributed by atoms with Gasteiger partial charge in [0, 0.05) is 18.0 Å². The smallest absolute Gasteiger partial charge is 0.170 e. The number of aromatic nitrogens is 4. The molecule has 0 spiro atoms. The molecule has 0 bridgehead atoms. The van der Waals surface area contributed by atoms with Gasteiger partial charge in [-0.05, 0) is 37.1 Å². The number of methoxy groups -OCH3 is 2. The molecule has 3 aromatic rings. The Morgan fingerprint density at radius 2 is 1.75 bits per heavy atom. The fraction of sp³-hybridized carbons (Fsp3) is 0.278. The van der Waals surface area contributed by atoms with Gasteiger partial charge in [-0.25, -0.2) is 0 Å². The summed E-state index contributed by atoms with van der Waals surface area (Å²) in [6, 6.07) is 7.75. The lowest BCUT2D eigenvalue weighted by atomic mass is 10.1. The molecule has 6 nitrogen and oxygen atoms in total. The first-order chi connectivity index (χ1) is 11.7. The van der Waals surface area contributed by atoms with Crippen LogP contribution >= 0.6 is 0 Å². The van der Waals surface area contributed by atoms with Gasteiger partial charge in [-0.3, -0.25) is 9.55 Å². The van der Waals surface area contributed by atoms with Crippen molar-refractivity contribution in [3.05, 3.63) is 48.0 Å². The Morgan fingerprint density at radius 3 is 2.38 bits per heavy atom. The summed E-state index contributed by atoms with van der Waals surface area (Å²) in [5, 5.41) is 8.60. The van der Waals surface area contributed by atoms with E-state index in [1.807, 2.05) is 35.9 Å². The van der Waals surface area contributed by atoms with E-state index in [2.05, 4.69) is 28.2 Å². The zero-order valence-corrected chi connectivity index (χ0v) is 14.3. The van der Waals surface area contributed by atoms with Crippen LogP contribution in [0.3, 0.4) is 0 Å². The summed E-state index contributed by atoms with van der Waals surface area (Å²) in [6.45, 7) is 4.00. The number of hydrogen-bond acceptors (Lipinski definition) is 5. The van der Waals surface area contributed by atoms with E-state index in [1.165, 1.54) is 0 Å². The van der Waals surface area contributed by atoms with Crippen LogP contribution in [-0.2, 0) is 6.42 Å². The molecule has 0 radical (unpaired) electrons. The third kappa shape index (κ3) is 2.71. The predicted octanol–water partition coefficient (Wildman–Crippen LogP) is 3.22. The average molecular weight is 324 g/mol. The predicted molar refractivity (Wildman–Crippen MR) is 91.8 cm³/mol. The minimum Gasteiger partial charge on any atom is -0.494 e. The number of nitrogens with zero attached hydrogens (tertiary/aromatic N) is 4. The summed E-state index contributed by atoms with van der Waals surface area (Å²) in [4.78, 5) is 4.32. The summed E-state index contributed by atoms with van der Waals surface area (Å²) in [5.41, 5.74) is 2.83. The molecule has 0 unspecified atom stereocenters. The van der Waals surface area contributed by atoms with E-state index < -0.39 is 0 Å². The maximum absolute atomic E-state index is 5.53. The van der Waals surface area contributed by atoms with Crippen molar-refractivity contribution < 1.29 is 9.47 Å².